The topological polar surface area (TPSA) is 73.5 Å². The number of hydrogen-bond donors (Lipinski definition) is 3. The number of benzene rings is 2. The molecule has 7 heteroatoms. The highest BCUT2D eigenvalue weighted by Gasteiger charge is 2.44. The van der Waals surface area contributed by atoms with Crippen LogP contribution >= 0.6 is 11.8 Å². The van der Waals surface area contributed by atoms with Crippen molar-refractivity contribution in [3.05, 3.63) is 76.7 Å². The lowest BCUT2D eigenvalue weighted by Crippen LogP contribution is -2.69. The first kappa shape index (κ1) is 22.2. The van der Waals surface area contributed by atoms with Gasteiger partial charge in [-0.1, -0.05) is 54.6 Å². The number of carbonyl (C=O) groups is 2. The van der Waals surface area contributed by atoms with Crippen molar-refractivity contribution in [1.29, 1.82) is 0 Å². The van der Waals surface area contributed by atoms with Crippen molar-refractivity contribution in [3.8, 4) is 0 Å². The van der Waals surface area contributed by atoms with E-state index in [2.05, 4.69) is 57.4 Å². The molecule has 3 aliphatic heterocycles. The van der Waals surface area contributed by atoms with E-state index in [9.17, 15) is 9.59 Å². The van der Waals surface area contributed by atoms with Crippen LogP contribution in [0.3, 0.4) is 0 Å². The van der Waals surface area contributed by atoms with E-state index < -0.39 is 0 Å². The molecule has 2 aromatic carbocycles. The van der Waals surface area contributed by atoms with E-state index in [0.29, 0.717) is 13.1 Å². The lowest BCUT2D eigenvalue weighted by molar-refractivity contribution is -0.129. The molecule has 4 unspecified atom stereocenters. The van der Waals surface area contributed by atoms with Crippen molar-refractivity contribution < 1.29 is 9.59 Å². The van der Waals surface area contributed by atoms with Gasteiger partial charge in [0.1, 0.15) is 11.5 Å². The molecule has 0 saturated carbocycles. The summed E-state index contributed by atoms with van der Waals surface area (Å²) >= 11 is 1.58. The smallest absolute Gasteiger partial charge is 0.237 e. The number of fused-ring (bicyclic) bond motifs is 1. The van der Waals surface area contributed by atoms with Crippen molar-refractivity contribution >= 4 is 29.1 Å². The normalized spacial score (nSPS) is 27.4. The Hall–Kier alpha value is -2.61. The van der Waals surface area contributed by atoms with Gasteiger partial charge in [0.05, 0.1) is 12.0 Å². The molecule has 0 bridgehead atoms. The molecular weight excluding hydrogens is 432 g/mol. The Labute approximate surface area is 199 Å². The third-order valence-electron chi connectivity index (χ3n) is 6.86. The van der Waals surface area contributed by atoms with Crippen LogP contribution in [0.2, 0.25) is 0 Å². The molecule has 0 radical (unpaired) electrons. The Morgan fingerprint density at radius 3 is 2.76 bits per heavy atom. The van der Waals surface area contributed by atoms with Crippen LogP contribution < -0.4 is 16.0 Å². The molecule has 172 valence electrons. The van der Waals surface area contributed by atoms with Crippen molar-refractivity contribution in [1.82, 2.24) is 20.9 Å². The van der Waals surface area contributed by atoms with E-state index in [4.69, 9.17) is 0 Å². The van der Waals surface area contributed by atoms with Gasteiger partial charge in [0.15, 0.2) is 0 Å². The van der Waals surface area contributed by atoms with Gasteiger partial charge in [-0.2, -0.15) is 0 Å². The van der Waals surface area contributed by atoms with Gasteiger partial charge in [-0.3, -0.25) is 19.8 Å². The Bertz CT molecular complexity index is 1060. The molecule has 6 nitrogen and oxygen atoms in total. The van der Waals surface area contributed by atoms with Gasteiger partial charge in [0, 0.05) is 19.6 Å². The summed E-state index contributed by atoms with van der Waals surface area (Å²) in [6.07, 6.45) is 1.53. The van der Waals surface area contributed by atoms with E-state index in [1.165, 1.54) is 5.56 Å². The minimum Gasteiger partial charge on any atom is -0.352 e. The van der Waals surface area contributed by atoms with Crippen LogP contribution in [0.15, 0.2) is 60.0 Å². The van der Waals surface area contributed by atoms with Gasteiger partial charge in [-0.05, 0) is 47.4 Å². The van der Waals surface area contributed by atoms with E-state index >= 15 is 0 Å². The average Bonchev–Trinajstić information content (AvgIpc) is 3.29. The van der Waals surface area contributed by atoms with Crippen molar-refractivity contribution in [3.63, 3.8) is 0 Å². The van der Waals surface area contributed by atoms with Crippen LogP contribution in [0.25, 0.3) is 5.57 Å². The second-order valence-electron chi connectivity index (χ2n) is 9.03. The summed E-state index contributed by atoms with van der Waals surface area (Å²) in [6.45, 7) is 4.10. The summed E-state index contributed by atoms with van der Waals surface area (Å²) < 4.78 is 0. The van der Waals surface area contributed by atoms with Gasteiger partial charge in [-0.15, -0.1) is 11.8 Å². The van der Waals surface area contributed by atoms with Gasteiger partial charge in [0.2, 0.25) is 11.8 Å². The van der Waals surface area contributed by atoms with Gasteiger partial charge in [-0.25, -0.2) is 0 Å². The van der Waals surface area contributed by atoms with Crippen LogP contribution in [-0.4, -0.2) is 47.4 Å². The van der Waals surface area contributed by atoms with E-state index in [0.717, 1.165) is 36.1 Å². The lowest BCUT2D eigenvalue weighted by Gasteiger charge is -2.43. The molecule has 0 spiro atoms. The molecule has 4 atom stereocenters. The monoisotopic (exact) mass is 462 g/mol. The van der Waals surface area contributed by atoms with Gasteiger partial charge in [0.25, 0.3) is 0 Å². The highest BCUT2D eigenvalue weighted by atomic mass is 32.2. The molecular formula is C26H30N4O2S. The molecule has 3 aliphatic rings. The number of nitrogens with one attached hydrogen (secondary N) is 3. The number of nitrogens with zero attached hydrogens (tertiary/aromatic N) is 1. The first-order chi connectivity index (χ1) is 16.1. The van der Waals surface area contributed by atoms with Gasteiger partial charge < -0.3 is 10.6 Å². The fraction of sp³-hybridized carbons (Fsp3) is 0.385. The number of likely N-dealkylation sites (tertiary alicyclic amines) is 1. The standard InChI is InChI=1S/C26H30N4O2S/c1-17-8-5-6-11-19(17)14-27-24(31)20-12-7-13-30(15-20)26-28-22-21(18-9-3-2-4-10-18)16-33-23(22)25(32)29-26/h2-6,8-11,16,20,22-23,26,28H,7,12-15H2,1H3,(H,27,31)(H,29,32). The second kappa shape index (κ2) is 9.71. The summed E-state index contributed by atoms with van der Waals surface area (Å²) in [5, 5.41) is 11.9. The molecule has 2 amide bonds. The second-order valence-corrected chi connectivity index (χ2v) is 10.0. The third kappa shape index (κ3) is 4.71. The fourth-order valence-corrected chi connectivity index (χ4v) is 6.10. The molecule has 2 aromatic rings. The number of piperidine rings is 1. The largest absolute Gasteiger partial charge is 0.352 e. The molecule has 33 heavy (non-hydrogen) atoms. The molecule has 0 aromatic heterocycles. The summed E-state index contributed by atoms with van der Waals surface area (Å²) in [7, 11) is 0. The summed E-state index contributed by atoms with van der Waals surface area (Å²) in [6, 6.07) is 18.3. The number of amides is 2. The zero-order valence-corrected chi connectivity index (χ0v) is 19.6. The quantitative estimate of drug-likeness (QED) is 0.637. The molecule has 2 fully saturated rings. The summed E-state index contributed by atoms with van der Waals surface area (Å²) in [5.74, 6) is 0.0626. The van der Waals surface area contributed by atoms with Crippen LogP contribution in [0.1, 0.15) is 29.5 Å². The maximum absolute atomic E-state index is 12.9. The van der Waals surface area contributed by atoms with E-state index in [1.807, 2.05) is 30.3 Å². The number of rotatable bonds is 5. The highest BCUT2D eigenvalue weighted by molar-refractivity contribution is 8.04. The molecule has 3 N–H and O–H groups in total. The van der Waals surface area contributed by atoms with Crippen LogP contribution in [-0.2, 0) is 16.1 Å². The minimum atomic E-state index is -0.267. The molecule has 2 saturated heterocycles. The zero-order chi connectivity index (χ0) is 22.8. The Balaban J connectivity index is 1.23. The van der Waals surface area contributed by atoms with Crippen LogP contribution in [0, 0.1) is 12.8 Å². The van der Waals surface area contributed by atoms with E-state index in [-0.39, 0.29) is 35.3 Å². The lowest BCUT2D eigenvalue weighted by atomic mass is 9.94. The maximum atomic E-state index is 12.9. The molecule has 3 heterocycles. The Morgan fingerprint density at radius 2 is 1.94 bits per heavy atom. The predicted molar refractivity (Wildman–Crippen MR) is 132 cm³/mol. The first-order valence-corrected chi connectivity index (χ1v) is 12.6. The summed E-state index contributed by atoms with van der Waals surface area (Å²) in [4.78, 5) is 28.0. The highest BCUT2D eigenvalue weighted by Crippen LogP contribution is 2.38. The van der Waals surface area contributed by atoms with Gasteiger partial charge >= 0.3 is 0 Å². The number of aryl methyl sites for hydroxylation is 1. The minimum absolute atomic E-state index is 0.0357. The van der Waals surface area contributed by atoms with Crippen LogP contribution in [0.4, 0.5) is 0 Å². The van der Waals surface area contributed by atoms with Crippen molar-refractivity contribution in [2.24, 2.45) is 5.92 Å². The first-order valence-electron chi connectivity index (χ1n) is 11.6. The van der Waals surface area contributed by atoms with E-state index in [1.54, 1.807) is 11.8 Å². The third-order valence-corrected chi connectivity index (χ3v) is 8.03. The number of carbonyl (C=O) groups excluding carboxylic acids is 2. The summed E-state index contributed by atoms with van der Waals surface area (Å²) in [5.41, 5.74) is 4.63. The van der Waals surface area contributed by atoms with Crippen molar-refractivity contribution in [2.45, 2.75) is 43.9 Å². The SMILES string of the molecule is Cc1ccccc1CNC(=O)C1CCCN(C2NC(=O)C3SC=C(c4ccccc4)C3N2)C1. The number of thioether (sulfide) groups is 1. The Kier molecular flexibility index (Phi) is 6.53. The fourth-order valence-electron chi connectivity index (χ4n) is 4.95. The molecule has 0 aliphatic carbocycles. The maximum Gasteiger partial charge on any atom is 0.237 e. The molecule has 5 rings (SSSR count). The van der Waals surface area contributed by atoms with Crippen LogP contribution in [0.5, 0.6) is 0 Å². The average molecular weight is 463 g/mol. The predicted octanol–water partition coefficient (Wildman–Crippen LogP) is 2.85. The zero-order valence-electron chi connectivity index (χ0n) is 18.8. The Morgan fingerprint density at radius 1 is 1.15 bits per heavy atom. The number of hydrogen-bond acceptors (Lipinski definition) is 5. The van der Waals surface area contributed by atoms with Crippen molar-refractivity contribution in [2.75, 3.05) is 13.1 Å².